The monoisotopic (exact) mass is 832 g/mol. The van der Waals surface area contributed by atoms with Gasteiger partial charge in [0.2, 0.25) is 0 Å². The highest BCUT2D eigenvalue weighted by Gasteiger charge is 2.34. The van der Waals surface area contributed by atoms with Crippen molar-refractivity contribution in [2.45, 2.75) is 52.4 Å². The quantitative estimate of drug-likeness (QED) is 0.129. The second-order valence-electron chi connectivity index (χ2n) is 17.0. The highest BCUT2D eigenvalue weighted by atomic mass is 32.1. The summed E-state index contributed by atoms with van der Waals surface area (Å²) in [6.45, 7) is 13.1. The van der Waals surface area contributed by atoms with E-state index in [4.69, 9.17) is 14.5 Å². The lowest BCUT2D eigenvalue weighted by Gasteiger charge is -2.21. The van der Waals surface area contributed by atoms with Crippen LogP contribution < -0.4 is 9.47 Å². The van der Waals surface area contributed by atoms with Gasteiger partial charge in [-0.15, -0.1) is 22.7 Å². The molecule has 0 unspecified atom stereocenters. The Bertz CT molecular complexity index is 2730. The summed E-state index contributed by atoms with van der Waals surface area (Å²) >= 11 is 3.25. The first kappa shape index (κ1) is 41.0. The molecule has 60 heavy (non-hydrogen) atoms. The first-order chi connectivity index (χ1) is 28.7. The fourth-order valence-corrected chi connectivity index (χ4v) is 9.48. The predicted molar refractivity (Wildman–Crippen MR) is 250 cm³/mol. The number of aromatic nitrogens is 1. The molecular formula is C51H47BF2N2O2S2. The van der Waals surface area contributed by atoms with Crippen LogP contribution in [0.5, 0.6) is 11.5 Å². The summed E-state index contributed by atoms with van der Waals surface area (Å²) in [6, 6.07) is 42.2. The van der Waals surface area contributed by atoms with Gasteiger partial charge in [-0.1, -0.05) is 96.1 Å². The molecule has 0 fully saturated rings. The molecule has 3 aromatic heterocycles. The van der Waals surface area contributed by atoms with E-state index in [1.54, 1.807) is 36.9 Å². The zero-order valence-electron chi connectivity index (χ0n) is 35.1. The zero-order chi connectivity index (χ0) is 42.3. The maximum atomic E-state index is 16.3. The van der Waals surface area contributed by atoms with Crippen molar-refractivity contribution in [3.8, 4) is 43.6 Å². The van der Waals surface area contributed by atoms with E-state index in [-0.39, 0.29) is 10.8 Å². The Hall–Kier alpha value is -5.77. The Morgan fingerprint density at radius 3 is 1.70 bits per heavy atom. The highest BCUT2D eigenvalue weighted by molar-refractivity contribution is 7.22. The molecule has 0 spiro atoms. The van der Waals surface area contributed by atoms with Crippen molar-refractivity contribution < 1.29 is 18.1 Å². The number of halogens is 2. The van der Waals surface area contributed by atoms with Crippen LogP contribution in [0.2, 0.25) is 0 Å². The van der Waals surface area contributed by atoms with Crippen LogP contribution in [0.15, 0.2) is 150 Å². The van der Waals surface area contributed by atoms with E-state index in [9.17, 15) is 0 Å². The second kappa shape index (κ2) is 16.4. The molecule has 0 radical (unpaired) electrons. The molecule has 0 N–H and O–H groups in total. The molecule has 302 valence electrons. The van der Waals surface area contributed by atoms with Crippen LogP contribution in [-0.2, 0) is 10.8 Å². The molecule has 0 bridgehead atoms. The van der Waals surface area contributed by atoms with Gasteiger partial charge in [0.05, 0.1) is 31.3 Å². The average molecular weight is 833 g/mol. The predicted octanol–water partition coefficient (Wildman–Crippen LogP) is 14.3. The lowest BCUT2D eigenvalue weighted by Crippen LogP contribution is -2.18. The van der Waals surface area contributed by atoms with Crippen LogP contribution >= 0.6 is 22.7 Å². The maximum absolute atomic E-state index is 16.3. The third-order valence-electron chi connectivity index (χ3n) is 11.0. The molecule has 9 heteroatoms. The van der Waals surface area contributed by atoms with Gasteiger partial charge in [0.15, 0.2) is 0 Å². The Morgan fingerprint density at radius 2 is 1.18 bits per heavy atom. The lowest BCUT2D eigenvalue weighted by atomic mass is 9.85. The van der Waals surface area contributed by atoms with Gasteiger partial charge in [-0.3, -0.25) is 8.63 Å². The van der Waals surface area contributed by atoms with Gasteiger partial charge in [0.25, 0.3) is 0 Å². The smallest absolute Gasteiger partial charge is 0.497 e. The second-order valence-corrected chi connectivity index (χ2v) is 19.0. The molecule has 4 heterocycles. The van der Waals surface area contributed by atoms with E-state index in [0.29, 0.717) is 39.5 Å². The van der Waals surface area contributed by atoms with Crippen LogP contribution in [0.4, 0.5) is 8.63 Å². The number of hydrogen-bond acceptors (Lipinski definition) is 5. The Balaban J connectivity index is 1.48. The SMILES string of the molecule is COc1ccc(C2=N/C(=C(/c3ccc(-c4cccs4)s3)c3c(-c4ccc(C(C)(C)C)cc4)cc(-c4ccc(OC)cc4)n3B(F)F)C(c3ccc(C(C)(C)C)cc3)=C2)cc1. The summed E-state index contributed by atoms with van der Waals surface area (Å²) in [7, 11) is 0.353. The molecule has 4 aromatic carbocycles. The van der Waals surface area contributed by atoms with Gasteiger partial charge < -0.3 is 14.0 Å². The molecular weight excluding hydrogens is 786 g/mol. The number of hydrogen-bond donors (Lipinski definition) is 0. The van der Waals surface area contributed by atoms with E-state index < -0.39 is 7.40 Å². The number of nitrogens with zero attached hydrogens (tertiary/aromatic N) is 2. The number of ether oxygens (including phenoxy) is 2. The van der Waals surface area contributed by atoms with Crippen LogP contribution in [0.25, 0.3) is 43.3 Å². The number of methoxy groups -OCH3 is 2. The lowest BCUT2D eigenvalue weighted by molar-refractivity contribution is 0.414. The number of thiophene rings is 2. The molecule has 0 amide bonds. The minimum Gasteiger partial charge on any atom is -0.497 e. The number of benzene rings is 4. The van der Waals surface area contributed by atoms with Gasteiger partial charge in [0.1, 0.15) is 11.5 Å². The Labute approximate surface area is 360 Å². The van der Waals surface area contributed by atoms with Crippen molar-refractivity contribution in [3.63, 3.8) is 0 Å². The molecule has 7 aromatic rings. The summed E-state index contributed by atoms with van der Waals surface area (Å²) in [5, 5.41) is 2.06. The van der Waals surface area contributed by atoms with Crippen molar-refractivity contribution in [3.05, 3.63) is 177 Å². The molecule has 0 atom stereocenters. The summed E-state index contributed by atoms with van der Waals surface area (Å²) in [5.74, 6) is 1.38. The van der Waals surface area contributed by atoms with E-state index in [1.165, 1.54) is 10.0 Å². The number of allylic oxidation sites excluding steroid dienone is 2. The standard InChI is InChI=1S/C51H47BF2N2O2S2/c1-50(2,3)36-19-11-32(12-20-36)40-30-42(34-15-23-38(57-7)24-16-34)55-48(40)47(46-28-27-45(60-46)44-10-9-29-59-44)49-41(33-13-21-37(22-14-33)51(4,5)6)31-43(56(49)52(53)54)35-17-25-39(58-8)26-18-35/h9-31H,1-8H3/b48-47-. The van der Waals surface area contributed by atoms with Crippen LogP contribution in [0, 0.1) is 0 Å². The molecule has 1 aliphatic rings. The largest absolute Gasteiger partial charge is 0.678 e. The summed E-state index contributed by atoms with van der Waals surface area (Å²) < 4.78 is 44.8. The normalized spacial score (nSPS) is 13.9. The van der Waals surface area contributed by atoms with Crippen LogP contribution in [0.1, 0.15) is 74.4 Å². The zero-order valence-corrected chi connectivity index (χ0v) is 36.8. The van der Waals surface area contributed by atoms with Gasteiger partial charge in [0, 0.05) is 42.6 Å². The number of rotatable bonds is 10. The minimum absolute atomic E-state index is 0.0558. The maximum Gasteiger partial charge on any atom is 0.678 e. The van der Waals surface area contributed by atoms with Crippen molar-refractivity contribution in [1.82, 2.24) is 4.48 Å². The summed E-state index contributed by atoms with van der Waals surface area (Å²) in [5.41, 5.74) is 9.83. The Kier molecular flexibility index (Phi) is 11.2. The molecule has 4 nitrogen and oxygen atoms in total. The molecule has 0 aliphatic carbocycles. The van der Waals surface area contributed by atoms with E-state index in [0.717, 1.165) is 53.9 Å². The van der Waals surface area contributed by atoms with Gasteiger partial charge in [-0.05, 0) is 123 Å². The van der Waals surface area contributed by atoms with Crippen molar-refractivity contribution >= 4 is 46.9 Å². The summed E-state index contributed by atoms with van der Waals surface area (Å²) in [6.07, 6.45) is 2.09. The van der Waals surface area contributed by atoms with Gasteiger partial charge in [-0.25, -0.2) is 4.99 Å². The van der Waals surface area contributed by atoms with Gasteiger partial charge in [-0.2, -0.15) is 0 Å². The summed E-state index contributed by atoms with van der Waals surface area (Å²) in [4.78, 5) is 8.45. The average Bonchev–Trinajstić information content (AvgIpc) is 4.08. The van der Waals surface area contributed by atoms with Crippen LogP contribution in [0.3, 0.4) is 0 Å². The Morgan fingerprint density at radius 1 is 0.633 bits per heavy atom. The fraction of sp³-hybridized carbons (Fsp3) is 0.196. The van der Waals surface area contributed by atoms with E-state index >= 15 is 8.63 Å². The van der Waals surface area contributed by atoms with Crippen molar-refractivity contribution in [1.29, 1.82) is 0 Å². The first-order valence-corrected chi connectivity index (χ1v) is 21.7. The molecule has 8 rings (SSSR count). The number of aliphatic imine (C=N–C) groups is 1. The van der Waals surface area contributed by atoms with Gasteiger partial charge >= 0.3 is 7.40 Å². The van der Waals surface area contributed by atoms with Crippen molar-refractivity contribution in [2.24, 2.45) is 4.99 Å². The third-order valence-corrected chi connectivity index (χ3v) is 13.2. The third kappa shape index (κ3) is 8.08. The fourth-order valence-electron chi connectivity index (χ4n) is 7.59. The molecule has 1 aliphatic heterocycles. The first-order valence-electron chi connectivity index (χ1n) is 20.0. The van der Waals surface area contributed by atoms with E-state index in [2.05, 4.69) is 120 Å². The molecule has 0 saturated heterocycles. The van der Waals surface area contributed by atoms with Crippen LogP contribution in [-0.4, -0.2) is 31.8 Å². The van der Waals surface area contributed by atoms with Crippen molar-refractivity contribution in [2.75, 3.05) is 14.2 Å². The van der Waals surface area contributed by atoms with E-state index in [1.807, 2.05) is 60.7 Å². The minimum atomic E-state index is -2.89. The molecule has 0 saturated carbocycles. The topological polar surface area (TPSA) is 35.8 Å². The highest BCUT2D eigenvalue weighted by Crippen LogP contribution is 2.48.